The van der Waals surface area contributed by atoms with Gasteiger partial charge in [-0.1, -0.05) is 0 Å². The third-order valence-electron chi connectivity index (χ3n) is 1.68. The van der Waals surface area contributed by atoms with Gasteiger partial charge in [0.25, 0.3) is 0 Å². The van der Waals surface area contributed by atoms with E-state index in [4.69, 9.17) is 0 Å². The van der Waals surface area contributed by atoms with Crippen molar-refractivity contribution in [3.8, 4) is 0 Å². The van der Waals surface area contributed by atoms with Crippen LogP contribution >= 0.6 is 0 Å². The monoisotopic (exact) mass is 153 g/mol. The van der Waals surface area contributed by atoms with E-state index in [2.05, 4.69) is 36.3 Å². The lowest BCUT2D eigenvalue weighted by molar-refractivity contribution is 0.882. The van der Waals surface area contributed by atoms with E-state index in [1.807, 2.05) is 6.92 Å². The number of anilines is 1. The minimum atomic E-state index is 0.441. The molecule has 0 atom stereocenters. The second kappa shape index (κ2) is 2.95. The molecular formula is C8H15N3. The molecule has 0 spiro atoms. The van der Waals surface area contributed by atoms with Crippen molar-refractivity contribution in [1.29, 1.82) is 0 Å². The summed E-state index contributed by atoms with van der Waals surface area (Å²) in [4.78, 5) is 0. The van der Waals surface area contributed by atoms with Crippen LogP contribution in [0.2, 0.25) is 0 Å². The average molecular weight is 153 g/mol. The van der Waals surface area contributed by atoms with Crippen molar-refractivity contribution in [2.24, 2.45) is 0 Å². The lowest BCUT2D eigenvalue weighted by Crippen LogP contribution is -2.10. The maximum Gasteiger partial charge on any atom is 0.151 e. The predicted molar refractivity (Wildman–Crippen MR) is 46.8 cm³/mol. The van der Waals surface area contributed by atoms with Crippen LogP contribution in [0.1, 0.15) is 25.1 Å². The summed E-state index contributed by atoms with van der Waals surface area (Å²) < 4.78 is 0. The van der Waals surface area contributed by atoms with Crippen molar-refractivity contribution in [3.05, 3.63) is 11.3 Å². The van der Waals surface area contributed by atoms with Gasteiger partial charge in [-0.15, -0.1) is 0 Å². The highest BCUT2D eigenvalue weighted by molar-refractivity contribution is 5.45. The van der Waals surface area contributed by atoms with Crippen molar-refractivity contribution in [1.82, 2.24) is 10.2 Å². The summed E-state index contributed by atoms with van der Waals surface area (Å²) in [5.41, 5.74) is 2.34. The van der Waals surface area contributed by atoms with Crippen LogP contribution in [-0.4, -0.2) is 16.2 Å². The maximum atomic E-state index is 4.12. The number of rotatable bonds is 2. The first-order valence-electron chi connectivity index (χ1n) is 3.89. The largest absolute Gasteiger partial charge is 0.366 e. The van der Waals surface area contributed by atoms with Gasteiger partial charge in [0, 0.05) is 17.3 Å². The van der Waals surface area contributed by atoms with Crippen molar-refractivity contribution < 1.29 is 0 Å². The van der Waals surface area contributed by atoms with Crippen LogP contribution in [-0.2, 0) is 0 Å². The highest BCUT2D eigenvalue weighted by Crippen LogP contribution is 2.14. The van der Waals surface area contributed by atoms with Gasteiger partial charge in [0.15, 0.2) is 5.82 Å². The summed E-state index contributed by atoms with van der Waals surface area (Å²) in [7, 11) is 0. The summed E-state index contributed by atoms with van der Waals surface area (Å²) in [5.74, 6) is 0.970. The molecule has 3 heteroatoms. The SMILES string of the molecule is Cc1[nH]nc(NC(C)C)c1C. The fourth-order valence-corrected chi connectivity index (χ4v) is 0.899. The summed E-state index contributed by atoms with van der Waals surface area (Å²) in [6, 6.07) is 0.441. The van der Waals surface area contributed by atoms with E-state index in [0.29, 0.717) is 6.04 Å². The highest BCUT2D eigenvalue weighted by atomic mass is 15.2. The average Bonchev–Trinajstić information content (AvgIpc) is 2.18. The fourth-order valence-electron chi connectivity index (χ4n) is 0.899. The van der Waals surface area contributed by atoms with E-state index in [0.717, 1.165) is 11.5 Å². The lowest BCUT2D eigenvalue weighted by atomic mass is 10.2. The summed E-state index contributed by atoms with van der Waals surface area (Å²) in [6.45, 7) is 8.28. The maximum absolute atomic E-state index is 4.12. The van der Waals surface area contributed by atoms with Crippen molar-refractivity contribution in [2.75, 3.05) is 5.32 Å². The lowest BCUT2D eigenvalue weighted by Gasteiger charge is -2.06. The number of hydrogen-bond acceptors (Lipinski definition) is 2. The molecule has 62 valence electrons. The summed E-state index contributed by atoms with van der Waals surface area (Å²) in [6.07, 6.45) is 0. The van der Waals surface area contributed by atoms with E-state index < -0.39 is 0 Å². The molecule has 0 amide bonds. The molecule has 0 aliphatic heterocycles. The minimum Gasteiger partial charge on any atom is -0.366 e. The van der Waals surface area contributed by atoms with E-state index in [9.17, 15) is 0 Å². The Morgan fingerprint density at radius 2 is 2.00 bits per heavy atom. The van der Waals surface area contributed by atoms with Crippen LogP contribution in [0.15, 0.2) is 0 Å². The summed E-state index contributed by atoms with van der Waals surface area (Å²) in [5, 5.41) is 10.3. The Morgan fingerprint density at radius 1 is 1.36 bits per heavy atom. The molecule has 1 aromatic rings. The van der Waals surface area contributed by atoms with Crippen LogP contribution in [0.3, 0.4) is 0 Å². The molecular weight excluding hydrogens is 138 g/mol. The van der Waals surface area contributed by atoms with Crippen LogP contribution in [0, 0.1) is 13.8 Å². The first-order valence-corrected chi connectivity index (χ1v) is 3.89. The van der Waals surface area contributed by atoms with Gasteiger partial charge < -0.3 is 5.32 Å². The molecule has 1 rings (SSSR count). The number of aromatic amines is 1. The Morgan fingerprint density at radius 3 is 2.36 bits per heavy atom. The Hall–Kier alpha value is -0.990. The van der Waals surface area contributed by atoms with Gasteiger partial charge >= 0.3 is 0 Å². The number of aryl methyl sites for hydroxylation is 1. The van der Waals surface area contributed by atoms with Crippen molar-refractivity contribution >= 4 is 5.82 Å². The highest BCUT2D eigenvalue weighted by Gasteiger charge is 2.04. The van der Waals surface area contributed by atoms with Gasteiger partial charge in [-0.05, 0) is 27.7 Å². The molecule has 0 bridgehead atoms. The number of H-pyrrole nitrogens is 1. The number of nitrogens with zero attached hydrogens (tertiary/aromatic N) is 1. The number of nitrogens with one attached hydrogen (secondary N) is 2. The molecule has 11 heavy (non-hydrogen) atoms. The van der Waals surface area contributed by atoms with Gasteiger partial charge in [0.05, 0.1) is 0 Å². The topological polar surface area (TPSA) is 40.7 Å². The predicted octanol–water partition coefficient (Wildman–Crippen LogP) is 1.85. The van der Waals surface area contributed by atoms with Gasteiger partial charge in [-0.25, -0.2) is 0 Å². The Labute approximate surface area is 67.2 Å². The third kappa shape index (κ3) is 1.73. The molecule has 0 radical (unpaired) electrons. The van der Waals surface area contributed by atoms with E-state index in [1.165, 1.54) is 5.56 Å². The Bertz CT molecular complexity index is 237. The molecule has 0 aromatic carbocycles. The van der Waals surface area contributed by atoms with Gasteiger partial charge in [0.2, 0.25) is 0 Å². The standard InChI is InChI=1S/C8H15N3/c1-5(2)9-8-6(3)7(4)10-11-8/h5H,1-4H3,(H2,9,10,11). The molecule has 0 aliphatic rings. The zero-order valence-electron chi connectivity index (χ0n) is 7.52. The van der Waals surface area contributed by atoms with Crippen LogP contribution in [0.4, 0.5) is 5.82 Å². The molecule has 0 fully saturated rings. The van der Waals surface area contributed by atoms with Crippen LogP contribution in [0.5, 0.6) is 0 Å². The zero-order chi connectivity index (χ0) is 8.43. The molecule has 0 saturated carbocycles. The molecule has 3 nitrogen and oxygen atoms in total. The second-order valence-electron chi connectivity index (χ2n) is 3.12. The smallest absolute Gasteiger partial charge is 0.151 e. The molecule has 0 unspecified atom stereocenters. The van der Waals surface area contributed by atoms with E-state index >= 15 is 0 Å². The fraction of sp³-hybridized carbons (Fsp3) is 0.625. The first-order chi connectivity index (χ1) is 5.11. The van der Waals surface area contributed by atoms with Crippen LogP contribution < -0.4 is 5.32 Å². The van der Waals surface area contributed by atoms with E-state index in [1.54, 1.807) is 0 Å². The van der Waals surface area contributed by atoms with Crippen molar-refractivity contribution in [2.45, 2.75) is 33.7 Å². The first kappa shape index (κ1) is 8.11. The minimum absolute atomic E-state index is 0.441. The Balaban J connectivity index is 2.79. The Kier molecular flexibility index (Phi) is 2.17. The zero-order valence-corrected chi connectivity index (χ0v) is 7.52. The van der Waals surface area contributed by atoms with Gasteiger partial charge in [-0.2, -0.15) is 5.10 Å². The van der Waals surface area contributed by atoms with E-state index in [-0.39, 0.29) is 0 Å². The second-order valence-corrected chi connectivity index (χ2v) is 3.12. The van der Waals surface area contributed by atoms with Gasteiger partial charge in [-0.3, -0.25) is 5.10 Å². The molecule has 1 aromatic heterocycles. The third-order valence-corrected chi connectivity index (χ3v) is 1.68. The molecule has 0 saturated heterocycles. The van der Waals surface area contributed by atoms with Gasteiger partial charge in [0.1, 0.15) is 0 Å². The molecule has 2 N–H and O–H groups in total. The quantitative estimate of drug-likeness (QED) is 0.680. The molecule has 0 aliphatic carbocycles. The normalized spacial score (nSPS) is 10.6. The number of hydrogen-bond donors (Lipinski definition) is 2. The molecule has 1 heterocycles. The van der Waals surface area contributed by atoms with Crippen LogP contribution in [0.25, 0.3) is 0 Å². The van der Waals surface area contributed by atoms with Crippen molar-refractivity contribution in [3.63, 3.8) is 0 Å². The summed E-state index contributed by atoms with van der Waals surface area (Å²) >= 11 is 0. The number of aromatic nitrogens is 2.